The molecule has 0 atom stereocenters. The highest BCUT2D eigenvalue weighted by molar-refractivity contribution is 6.87. The summed E-state index contributed by atoms with van der Waals surface area (Å²) < 4.78 is 6.15. The zero-order valence-electron chi connectivity index (χ0n) is 11.0. The van der Waals surface area contributed by atoms with Crippen molar-refractivity contribution in [2.45, 2.75) is 38.3 Å². The number of hydrogen-bond acceptors (Lipinski definition) is 4. The van der Waals surface area contributed by atoms with E-state index in [1.54, 1.807) is 0 Å². The smallest absolute Gasteiger partial charge is 0.328 e. The molecule has 18 heavy (non-hydrogen) atoms. The molecule has 0 aromatic carbocycles. The minimum absolute atomic E-state index is 0.432. The summed E-state index contributed by atoms with van der Waals surface area (Å²) in [6.07, 6.45) is 0. The zero-order valence-corrected chi connectivity index (χ0v) is 13.0. The number of rotatable bonds is 0. The first-order chi connectivity index (χ1) is 8.06. The van der Waals surface area contributed by atoms with Gasteiger partial charge >= 0.3 is 6.03 Å². The predicted octanol–water partition coefficient (Wildman–Crippen LogP) is 0.779. The van der Waals surface area contributed by atoms with Crippen molar-refractivity contribution in [1.82, 2.24) is 10.6 Å². The molecule has 0 bridgehead atoms. The van der Waals surface area contributed by atoms with Crippen LogP contribution in [0.1, 0.15) is 0 Å². The third-order valence-electron chi connectivity index (χ3n) is 3.33. The maximum absolute atomic E-state index is 12.2. The monoisotopic (exact) mass is 286 g/mol. The Kier molecular flexibility index (Phi) is 2.80. The van der Waals surface area contributed by atoms with E-state index in [-0.39, 0.29) is 0 Å². The molecule has 2 heterocycles. The number of nitrogens with one attached hydrogen (secondary N) is 2. The van der Waals surface area contributed by atoms with Gasteiger partial charge < -0.3 is 4.12 Å². The molecule has 2 N–H and O–H groups in total. The minimum Gasteiger partial charge on any atom is -0.455 e. The molecule has 2 aliphatic heterocycles. The van der Waals surface area contributed by atoms with E-state index >= 15 is 0 Å². The maximum atomic E-state index is 12.2. The molecule has 8 heteroatoms. The number of carbonyl (C=O) groups is 3. The van der Waals surface area contributed by atoms with E-state index in [4.69, 9.17) is 4.12 Å². The summed E-state index contributed by atoms with van der Waals surface area (Å²) in [6, 6.07) is 0.143. The molecular weight excluding hydrogens is 268 g/mol. The van der Waals surface area contributed by atoms with Gasteiger partial charge in [-0.15, -0.1) is 0 Å². The van der Waals surface area contributed by atoms with Gasteiger partial charge in [0.05, 0.1) is 0 Å². The Balaban J connectivity index is 2.43. The van der Waals surface area contributed by atoms with E-state index in [9.17, 15) is 14.4 Å². The number of carbonyl (C=O) groups excluding carboxylic acids is 3. The van der Waals surface area contributed by atoms with E-state index in [1.807, 2.05) is 26.2 Å². The summed E-state index contributed by atoms with van der Waals surface area (Å²) in [6.45, 7) is 8.05. The van der Waals surface area contributed by atoms with Crippen LogP contribution in [-0.2, 0) is 13.7 Å². The van der Waals surface area contributed by atoms with Gasteiger partial charge in [-0.05, 0) is 38.3 Å². The summed E-state index contributed by atoms with van der Waals surface area (Å²) in [4.78, 5) is 35.5. The maximum Gasteiger partial charge on any atom is 0.328 e. The topological polar surface area (TPSA) is 84.5 Å². The standard InChI is InChI=1S/C10H18N2O4Si2/c1-17(2)5-10(6-18(3,4)16-17)7(13)11-9(15)12-8(10)14/h5-6H2,1-4H3,(H2,11,12,13,14,15). The van der Waals surface area contributed by atoms with E-state index in [1.165, 1.54) is 0 Å². The molecule has 0 radical (unpaired) electrons. The fourth-order valence-corrected chi connectivity index (χ4v) is 13.8. The molecule has 0 aromatic rings. The van der Waals surface area contributed by atoms with E-state index in [0.717, 1.165) is 0 Å². The minimum atomic E-state index is -2.06. The van der Waals surface area contributed by atoms with Crippen molar-refractivity contribution in [3.05, 3.63) is 0 Å². The molecular formula is C10H18N2O4Si2. The highest BCUT2D eigenvalue weighted by Crippen LogP contribution is 2.45. The fourth-order valence-electron chi connectivity index (χ4n) is 3.24. The normalized spacial score (nSPS) is 28.8. The van der Waals surface area contributed by atoms with Crippen LogP contribution in [0.5, 0.6) is 0 Å². The first kappa shape index (κ1) is 13.4. The molecule has 2 fully saturated rings. The first-order valence-corrected chi connectivity index (χ1v) is 12.2. The molecule has 2 rings (SSSR count). The van der Waals surface area contributed by atoms with Crippen LogP contribution in [0.15, 0.2) is 0 Å². The van der Waals surface area contributed by atoms with Crippen molar-refractivity contribution >= 4 is 34.5 Å². The molecule has 2 aliphatic rings. The van der Waals surface area contributed by atoms with Crippen molar-refractivity contribution in [2.75, 3.05) is 0 Å². The van der Waals surface area contributed by atoms with Gasteiger partial charge in [-0.25, -0.2) is 4.79 Å². The molecule has 6 nitrogen and oxygen atoms in total. The lowest BCUT2D eigenvalue weighted by Gasteiger charge is -2.49. The summed E-state index contributed by atoms with van der Waals surface area (Å²) in [5.74, 6) is -0.915. The zero-order chi connectivity index (χ0) is 13.8. The molecule has 0 saturated carbocycles. The Morgan fingerprint density at radius 3 is 1.72 bits per heavy atom. The van der Waals surface area contributed by atoms with Gasteiger partial charge in [0.2, 0.25) is 11.8 Å². The molecule has 1 spiro atoms. The lowest BCUT2D eigenvalue weighted by atomic mass is 9.89. The number of barbiturate groups is 1. The molecule has 0 aromatic heterocycles. The van der Waals surface area contributed by atoms with Crippen LogP contribution in [0.3, 0.4) is 0 Å². The second kappa shape index (κ2) is 3.75. The van der Waals surface area contributed by atoms with E-state index < -0.39 is 39.9 Å². The molecule has 4 amide bonds. The number of hydrogen-bond donors (Lipinski definition) is 2. The summed E-state index contributed by atoms with van der Waals surface area (Å²) >= 11 is 0. The molecule has 0 aliphatic carbocycles. The average Bonchev–Trinajstić information content (AvgIpc) is 2.09. The average molecular weight is 286 g/mol. The Morgan fingerprint density at radius 2 is 1.33 bits per heavy atom. The lowest BCUT2D eigenvalue weighted by Crippen LogP contribution is -2.69. The highest BCUT2D eigenvalue weighted by atomic mass is 28.4. The Bertz CT molecular complexity index is 409. The summed E-state index contributed by atoms with van der Waals surface area (Å²) in [5, 5.41) is 4.45. The van der Waals surface area contributed by atoms with Gasteiger partial charge in [-0.2, -0.15) is 0 Å². The molecule has 2 saturated heterocycles. The van der Waals surface area contributed by atoms with Crippen molar-refractivity contribution in [3.8, 4) is 0 Å². The first-order valence-electron chi connectivity index (χ1n) is 5.93. The van der Waals surface area contributed by atoms with Crippen LogP contribution in [0.2, 0.25) is 38.3 Å². The van der Waals surface area contributed by atoms with Crippen LogP contribution >= 0.6 is 0 Å². The van der Waals surface area contributed by atoms with Gasteiger partial charge in [-0.1, -0.05) is 0 Å². The van der Waals surface area contributed by atoms with Crippen LogP contribution in [0, 0.1) is 5.41 Å². The van der Waals surface area contributed by atoms with Crippen molar-refractivity contribution < 1.29 is 18.5 Å². The SMILES string of the molecule is C[Si]1(C)CC2(C[Si](C)(C)O1)C(=O)NC(=O)NC2=O. The van der Waals surface area contributed by atoms with Gasteiger partial charge in [0.15, 0.2) is 16.6 Å². The third kappa shape index (κ3) is 2.15. The van der Waals surface area contributed by atoms with E-state index in [0.29, 0.717) is 12.1 Å². The number of imide groups is 2. The van der Waals surface area contributed by atoms with Crippen molar-refractivity contribution in [3.63, 3.8) is 0 Å². The second-order valence-electron chi connectivity index (χ2n) is 6.29. The Labute approximate surface area is 108 Å². The van der Waals surface area contributed by atoms with Gasteiger partial charge in [0, 0.05) is 0 Å². The van der Waals surface area contributed by atoms with Crippen LogP contribution in [-0.4, -0.2) is 34.5 Å². The highest BCUT2D eigenvalue weighted by Gasteiger charge is 2.60. The number of amides is 4. The van der Waals surface area contributed by atoms with Crippen LogP contribution < -0.4 is 10.6 Å². The largest absolute Gasteiger partial charge is 0.455 e. The quantitative estimate of drug-likeness (QED) is 0.509. The second-order valence-corrected chi connectivity index (χ2v) is 14.9. The molecule has 0 unspecified atom stereocenters. The van der Waals surface area contributed by atoms with Crippen LogP contribution in [0.4, 0.5) is 4.79 Å². The third-order valence-corrected chi connectivity index (χ3v) is 10.7. The summed E-state index contributed by atoms with van der Waals surface area (Å²) in [7, 11) is -4.12. The number of urea groups is 1. The van der Waals surface area contributed by atoms with Crippen LogP contribution in [0.25, 0.3) is 0 Å². The van der Waals surface area contributed by atoms with Crippen molar-refractivity contribution in [1.29, 1.82) is 0 Å². The predicted molar refractivity (Wildman–Crippen MR) is 69.8 cm³/mol. The van der Waals surface area contributed by atoms with Gasteiger partial charge in [0.25, 0.3) is 0 Å². The van der Waals surface area contributed by atoms with Gasteiger partial charge in [-0.3, -0.25) is 20.2 Å². The summed E-state index contributed by atoms with van der Waals surface area (Å²) in [5.41, 5.74) is -1.10. The Hall–Kier alpha value is -0.996. The van der Waals surface area contributed by atoms with Gasteiger partial charge in [0.1, 0.15) is 5.41 Å². The Morgan fingerprint density at radius 1 is 0.944 bits per heavy atom. The van der Waals surface area contributed by atoms with Crippen molar-refractivity contribution in [2.24, 2.45) is 5.41 Å². The lowest BCUT2D eigenvalue weighted by molar-refractivity contribution is -0.142. The van der Waals surface area contributed by atoms with E-state index in [2.05, 4.69) is 10.6 Å². The fraction of sp³-hybridized carbons (Fsp3) is 0.700. The molecule has 100 valence electrons.